The molecular weight excluding hydrogens is 231 g/mol. The van der Waals surface area contributed by atoms with Crippen molar-refractivity contribution in [2.24, 2.45) is 0 Å². The number of rotatable bonds is 0. The number of hydrogen-bond acceptors (Lipinski definition) is 2. The predicted molar refractivity (Wildman–Crippen MR) is 44.2 cm³/mol. The van der Waals surface area contributed by atoms with E-state index in [1.54, 1.807) is 12.3 Å². The zero-order chi connectivity index (χ0) is 6.85. The van der Waals surface area contributed by atoms with Crippen LogP contribution in [0.1, 0.15) is 0 Å². The molecule has 0 saturated heterocycles. The van der Waals surface area contributed by atoms with Crippen molar-refractivity contribution in [2.75, 3.05) is 5.73 Å². The maximum absolute atomic E-state index is 10.6. The summed E-state index contributed by atoms with van der Waals surface area (Å²) in [5.41, 5.74) is 5.31. The third kappa shape index (κ3) is 1.44. The van der Waals surface area contributed by atoms with Crippen LogP contribution < -0.4 is 11.3 Å². The fourth-order valence-corrected chi connectivity index (χ4v) is 0.965. The van der Waals surface area contributed by atoms with Crippen molar-refractivity contribution in [1.29, 1.82) is 0 Å². The zero-order valence-electron chi connectivity index (χ0n) is 4.52. The minimum atomic E-state index is -0.226. The Kier molecular flexibility index (Phi) is 1.75. The van der Waals surface area contributed by atoms with E-state index in [2.05, 4.69) is 27.6 Å². The number of nitrogens with two attached hydrogens (primary N) is 1. The van der Waals surface area contributed by atoms with E-state index < -0.39 is 0 Å². The predicted octanol–water partition coefficient (Wildman–Crippen LogP) is 0.562. The summed E-state index contributed by atoms with van der Waals surface area (Å²) < 4.78 is 0.935. The van der Waals surface area contributed by atoms with Gasteiger partial charge in [-0.3, -0.25) is 4.79 Å². The van der Waals surface area contributed by atoms with E-state index in [9.17, 15) is 4.79 Å². The van der Waals surface area contributed by atoms with E-state index in [-0.39, 0.29) is 11.2 Å². The molecule has 1 aromatic rings. The molecule has 1 heterocycles. The van der Waals surface area contributed by atoms with Gasteiger partial charge in [0.15, 0.2) is 0 Å². The van der Waals surface area contributed by atoms with Gasteiger partial charge < -0.3 is 10.7 Å². The first-order valence-electron chi connectivity index (χ1n) is 2.34. The van der Waals surface area contributed by atoms with E-state index in [4.69, 9.17) is 5.73 Å². The molecule has 0 aliphatic heterocycles. The molecule has 0 fully saturated rings. The maximum atomic E-state index is 10.6. The van der Waals surface area contributed by atoms with Gasteiger partial charge in [0.25, 0.3) is 5.56 Å². The Morgan fingerprint density at radius 2 is 2.33 bits per heavy atom. The van der Waals surface area contributed by atoms with Gasteiger partial charge in [-0.15, -0.1) is 0 Å². The number of nitrogens with one attached hydrogen (secondary N) is 1. The van der Waals surface area contributed by atoms with Crippen LogP contribution in [0.15, 0.2) is 17.1 Å². The molecule has 3 nitrogen and oxygen atoms in total. The van der Waals surface area contributed by atoms with Crippen LogP contribution in [0.3, 0.4) is 0 Å². The lowest BCUT2D eigenvalue weighted by Crippen LogP contribution is -2.10. The van der Waals surface area contributed by atoms with Crippen LogP contribution in [0.5, 0.6) is 0 Å². The summed E-state index contributed by atoms with van der Waals surface area (Å²) in [6.45, 7) is 0. The van der Waals surface area contributed by atoms with Crippen LogP contribution in [-0.4, -0.2) is 4.98 Å². The summed E-state index contributed by atoms with van der Waals surface area (Å²) in [6, 6.07) is 1.62. The summed E-state index contributed by atoms with van der Waals surface area (Å²) in [7, 11) is 0. The van der Waals surface area contributed by atoms with Gasteiger partial charge in [-0.05, 0) is 28.7 Å². The molecule has 48 valence electrons. The third-order valence-corrected chi connectivity index (χ3v) is 1.52. The second-order valence-electron chi connectivity index (χ2n) is 1.60. The van der Waals surface area contributed by atoms with E-state index in [1.807, 2.05) is 0 Å². The molecule has 0 saturated carbocycles. The largest absolute Gasteiger partial charge is 0.394 e. The Labute approximate surface area is 65.4 Å². The van der Waals surface area contributed by atoms with Gasteiger partial charge in [0.1, 0.15) is 0 Å². The fourth-order valence-electron chi connectivity index (χ4n) is 0.474. The Bertz CT molecular complexity index is 268. The number of halogens is 1. The Morgan fingerprint density at radius 1 is 1.67 bits per heavy atom. The molecule has 0 amide bonds. The molecule has 0 aliphatic rings. The highest BCUT2D eigenvalue weighted by Crippen LogP contribution is 2.01. The highest BCUT2D eigenvalue weighted by Gasteiger charge is 1.91. The number of aromatic nitrogens is 1. The monoisotopic (exact) mass is 236 g/mol. The van der Waals surface area contributed by atoms with Gasteiger partial charge in [-0.25, -0.2) is 0 Å². The molecular formula is C5H5IN2O. The molecule has 4 heteroatoms. The van der Waals surface area contributed by atoms with Crippen molar-refractivity contribution in [3.8, 4) is 0 Å². The molecule has 0 spiro atoms. The minimum Gasteiger partial charge on any atom is -0.394 e. The third-order valence-electron chi connectivity index (χ3n) is 0.897. The first-order valence-corrected chi connectivity index (χ1v) is 3.42. The molecule has 3 N–H and O–H groups in total. The lowest BCUT2D eigenvalue weighted by atomic mass is 10.4. The van der Waals surface area contributed by atoms with E-state index >= 15 is 0 Å². The minimum absolute atomic E-state index is 0.226. The van der Waals surface area contributed by atoms with Crippen molar-refractivity contribution in [2.45, 2.75) is 0 Å². The summed E-state index contributed by atoms with van der Waals surface area (Å²) >= 11 is 2.07. The Morgan fingerprint density at radius 3 is 2.78 bits per heavy atom. The van der Waals surface area contributed by atoms with Gasteiger partial charge in [0.2, 0.25) is 0 Å². The summed E-state index contributed by atoms with van der Waals surface area (Å²) in [5, 5.41) is 0. The average molecular weight is 236 g/mol. The van der Waals surface area contributed by atoms with E-state index in [1.165, 1.54) is 0 Å². The van der Waals surface area contributed by atoms with Crippen molar-refractivity contribution in [3.05, 3.63) is 26.2 Å². The van der Waals surface area contributed by atoms with Crippen molar-refractivity contribution in [3.63, 3.8) is 0 Å². The highest BCUT2D eigenvalue weighted by molar-refractivity contribution is 14.1. The van der Waals surface area contributed by atoms with Crippen LogP contribution in [0.4, 0.5) is 5.69 Å². The lowest BCUT2D eigenvalue weighted by molar-refractivity contribution is 1.23. The van der Waals surface area contributed by atoms with Crippen LogP contribution >= 0.6 is 22.6 Å². The molecule has 0 aliphatic carbocycles. The van der Waals surface area contributed by atoms with Crippen molar-refractivity contribution in [1.82, 2.24) is 4.98 Å². The number of pyridine rings is 1. The summed E-state index contributed by atoms with van der Waals surface area (Å²) in [4.78, 5) is 13.1. The van der Waals surface area contributed by atoms with Gasteiger partial charge >= 0.3 is 0 Å². The standard InChI is InChI=1S/C5H5IN2O/c6-3-1-4(7)5(9)8-2-3/h1-2H,7H2,(H,8,9). The number of hydrogen-bond donors (Lipinski definition) is 2. The Balaban J connectivity index is 3.34. The van der Waals surface area contributed by atoms with Gasteiger partial charge in [-0.1, -0.05) is 0 Å². The first kappa shape index (κ1) is 6.60. The molecule has 0 aromatic carbocycles. The maximum Gasteiger partial charge on any atom is 0.271 e. The number of nitrogen functional groups attached to an aromatic ring is 1. The lowest BCUT2D eigenvalue weighted by Gasteiger charge is -1.89. The normalized spacial score (nSPS) is 9.44. The number of anilines is 1. The summed E-state index contributed by atoms with van der Waals surface area (Å²) in [5.74, 6) is 0. The van der Waals surface area contributed by atoms with Crippen molar-refractivity contribution >= 4 is 28.3 Å². The molecule has 0 bridgehead atoms. The first-order chi connectivity index (χ1) is 4.20. The SMILES string of the molecule is Nc1cc(I)c[nH]c1=O. The quantitative estimate of drug-likeness (QED) is 0.646. The molecule has 0 unspecified atom stereocenters. The average Bonchev–Trinajstić information content (AvgIpc) is 1.80. The van der Waals surface area contributed by atoms with Crippen LogP contribution in [0.2, 0.25) is 0 Å². The van der Waals surface area contributed by atoms with Crippen LogP contribution in [0.25, 0.3) is 0 Å². The zero-order valence-corrected chi connectivity index (χ0v) is 6.68. The smallest absolute Gasteiger partial charge is 0.271 e. The molecule has 9 heavy (non-hydrogen) atoms. The van der Waals surface area contributed by atoms with Gasteiger partial charge in [-0.2, -0.15) is 0 Å². The molecule has 1 aromatic heterocycles. The summed E-state index contributed by atoms with van der Waals surface area (Å²) in [6.07, 6.45) is 1.61. The molecule has 0 atom stereocenters. The van der Waals surface area contributed by atoms with Gasteiger partial charge in [0, 0.05) is 9.77 Å². The fraction of sp³-hybridized carbons (Fsp3) is 0. The number of aromatic amines is 1. The molecule has 0 radical (unpaired) electrons. The van der Waals surface area contributed by atoms with Crippen LogP contribution in [0, 0.1) is 3.57 Å². The van der Waals surface area contributed by atoms with E-state index in [0.29, 0.717) is 0 Å². The Hall–Kier alpha value is -0.520. The molecule has 1 rings (SSSR count). The van der Waals surface area contributed by atoms with Crippen LogP contribution in [-0.2, 0) is 0 Å². The van der Waals surface area contributed by atoms with Gasteiger partial charge in [0.05, 0.1) is 5.69 Å². The highest BCUT2D eigenvalue weighted by atomic mass is 127. The topological polar surface area (TPSA) is 58.9 Å². The van der Waals surface area contributed by atoms with E-state index in [0.717, 1.165) is 3.57 Å². The number of H-pyrrole nitrogens is 1. The second kappa shape index (κ2) is 2.38. The van der Waals surface area contributed by atoms with Crippen molar-refractivity contribution < 1.29 is 0 Å². The second-order valence-corrected chi connectivity index (χ2v) is 2.85.